The molecular formula is C9H9F2NO5S. The Bertz CT molecular complexity index is 528. The van der Waals surface area contributed by atoms with E-state index in [9.17, 15) is 22.0 Å². The maximum Gasteiger partial charge on any atom is 0.337 e. The molecule has 0 saturated heterocycles. The smallest absolute Gasteiger partial charge is 0.337 e. The highest BCUT2D eigenvalue weighted by Gasteiger charge is 2.28. The lowest BCUT2D eigenvalue weighted by molar-refractivity contribution is 0.0123. The molecule has 1 heterocycles. The molecule has 0 fully saturated rings. The van der Waals surface area contributed by atoms with Crippen molar-refractivity contribution in [3.05, 3.63) is 29.6 Å². The van der Waals surface area contributed by atoms with Crippen molar-refractivity contribution < 1.29 is 31.3 Å². The third-order valence-corrected chi connectivity index (χ3v) is 2.39. The van der Waals surface area contributed by atoms with Gasteiger partial charge in [0.25, 0.3) is 16.5 Å². The van der Waals surface area contributed by atoms with E-state index in [2.05, 4.69) is 9.17 Å². The second-order valence-electron chi connectivity index (χ2n) is 3.33. The van der Waals surface area contributed by atoms with Crippen molar-refractivity contribution in [2.45, 2.75) is 12.5 Å². The highest BCUT2D eigenvalue weighted by molar-refractivity contribution is 7.86. The highest BCUT2D eigenvalue weighted by atomic mass is 32.2. The number of rotatable bonds is 5. The van der Waals surface area contributed by atoms with Crippen molar-refractivity contribution in [1.29, 1.82) is 0 Å². The number of carboxylic acid groups (broad SMARTS) is 1. The average Bonchev–Trinajstić information content (AvgIpc) is 2.24. The Morgan fingerprint density at radius 1 is 1.44 bits per heavy atom. The fourth-order valence-electron chi connectivity index (χ4n) is 1.11. The standard InChI is InChI=1S/C9H9F2NO5S/c1-18(15,16)17-7(8(10)11)6-3-2-5(4-12-6)9(13)14/h2-4,7-8H,1H3,(H,13,14). The van der Waals surface area contributed by atoms with Gasteiger partial charge >= 0.3 is 5.97 Å². The van der Waals surface area contributed by atoms with E-state index >= 15 is 0 Å². The van der Waals surface area contributed by atoms with Gasteiger partial charge in [0.05, 0.1) is 17.5 Å². The molecule has 1 N–H and O–H groups in total. The Morgan fingerprint density at radius 2 is 2.06 bits per heavy atom. The first kappa shape index (κ1) is 14.5. The maximum atomic E-state index is 12.6. The summed E-state index contributed by atoms with van der Waals surface area (Å²) < 4.78 is 51.1. The van der Waals surface area contributed by atoms with Crippen molar-refractivity contribution in [2.24, 2.45) is 0 Å². The number of nitrogens with zero attached hydrogens (tertiary/aromatic N) is 1. The van der Waals surface area contributed by atoms with Gasteiger partial charge in [-0.15, -0.1) is 0 Å². The van der Waals surface area contributed by atoms with Crippen molar-refractivity contribution in [3.63, 3.8) is 0 Å². The fraction of sp³-hybridized carbons (Fsp3) is 0.333. The molecule has 1 aromatic rings. The van der Waals surface area contributed by atoms with Crippen LogP contribution in [-0.2, 0) is 14.3 Å². The summed E-state index contributed by atoms with van der Waals surface area (Å²) >= 11 is 0. The van der Waals surface area contributed by atoms with Crippen LogP contribution in [0.5, 0.6) is 0 Å². The molecule has 9 heteroatoms. The zero-order valence-electron chi connectivity index (χ0n) is 9.08. The minimum atomic E-state index is -4.08. The summed E-state index contributed by atoms with van der Waals surface area (Å²) in [6.45, 7) is 0. The van der Waals surface area contributed by atoms with Gasteiger partial charge in [-0.05, 0) is 12.1 Å². The van der Waals surface area contributed by atoms with Crippen molar-refractivity contribution in [2.75, 3.05) is 6.26 Å². The van der Waals surface area contributed by atoms with Crippen LogP contribution >= 0.6 is 0 Å². The van der Waals surface area contributed by atoms with Crippen LogP contribution in [0.3, 0.4) is 0 Å². The van der Waals surface area contributed by atoms with E-state index in [-0.39, 0.29) is 11.3 Å². The molecule has 0 aliphatic rings. The predicted octanol–water partition coefficient (Wildman–Crippen LogP) is 1.06. The number of alkyl halides is 2. The molecule has 0 aliphatic heterocycles. The van der Waals surface area contributed by atoms with Crippen LogP contribution in [0.1, 0.15) is 22.2 Å². The molecule has 1 rings (SSSR count). The van der Waals surface area contributed by atoms with E-state index in [4.69, 9.17) is 5.11 Å². The number of carboxylic acids is 1. The van der Waals surface area contributed by atoms with Gasteiger partial charge in [0, 0.05) is 6.20 Å². The lowest BCUT2D eigenvalue weighted by atomic mass is 10.2. The summed E-state index contributed by atoms with van der Waals surface area (Å²) in [6, 6.07) is 2.01. The first-order valence-electron chi connectivity index (χ1n) is 4.56. The van der Waals surface area contributed by atoms with Gasteiger partial charge in [0.15, 0.2) is 6.10 Å². The maximum absolute atomic E-state index is 12.6. The van der Waals surface area contributed by atoms with E-state index in [1.807, 2.05) is 0 Å². The first-order valence-corrected chi connectivity index (χ1v) is 6.38. The van der Waals surface area contributed by atoms with Gasteiger partial charge in [-0.25, -0.2) is 13.6 Å². The van der Waals surface area contributed by atoms with Crippen LogP contribution in [-0.4, -0.2) is 37.2 Å². The van der Waals surface area contributed by atoms with Gasteiger partial charge in [-0.1, -0.05) is 0 Å². The average molecular weight is 281 g/mol. The minimum Gasteiger partial charge on any atom is -0.478 e. The minimum absolute atomic E-state index is 0.203. The van der Waals surface area contributed by atoms with E-state index in [1.165, 1.54) is 0 Å². The molecule has 0 aromatic carbocycles. The normalized spacial score (nSPS) is 13.6. The summed E-state index contributed by atoms with van der Waals surface area (Å²) in [5.41, 5.74) is -0.563. The number of pyridine rings is 1. The van der Waals surface area contributed by atoms with Crippen LogP contribution in [0.2, 0.25) is 0 Å². The largest absolute Gasteiger partial charge is 0.478 e. The Hall–Kier alpha value is -1.61. The van der Waals surface area contributed by atoms with E-state index in [0.717, 1.165) is 18.3 Å². The lowest BCUT2D eigenvalue weighted by Gasteiger charge is -2.14. The summed E-state index contributed by atoms with van der Waals surface area (Å²) in [7, 11) is -4.08. The molecule has 1 aromatic heterocycles. The second-order valence-corrected chi connectivity index (χ2v) is 4.93. The van der Waals surface area contributed by atoms with E-state index < -0.39 is 28.6 Å². The fourth-order valence-corrected chi connectivity index (χ4v) is 1.67. The Labute approximate surface area is 101 Å². The number of aromatic carboxylic acids is 1. The Balaban J connectivity index is 3.03. The van der Waals surface area contributed by atoms with Gasteiger partial charge in [0.2, 0.25) is 0 Å². The molecule has 0 aliphatic carbocycles. The van der Waals surface area contributed by atoms with Crippen LogP contribution in [0, 0.1) is 0 Å². The van der Waals surface area contributed by atoms with Crippen LogP contribution < -0.4 is 0 Å². The molecule has 6 nitrogen and oxygen atoms in total. The Kier molecular flexibility index (Phi) is 4.30. The number of carbonyl (C=O) groups is 1. The molecule has 0 bridgehead atoms. The molecule has 0 amide bonds. The van der Waals surface area contributed by atoms with Crippen LogP contribution in [0.4, 0.5) is 8.78 Å². The number of aromatic nitrogens is 1. The summed E-state index contributed by atoms with van der Waals surface area (Å²) in [5, 5.41) is 8.59. The molecule has 0 saturated carbocycles. The summed E-state index contributed by atoms with van der Waals surface area (Å²) in [4.78, 5) is 14.0. The number of hydrogen-bond donors (Lipinski definition) is 1. The summed E-state index contributed by atoms with van der Waals surface area (Å²) in [5.74, 6) is -1.27. The first-order chi connectivity index (χ1) is 8.20. The van der Waals surface area contributed by atoms with Crippen molar-refractivity contribution in [1.82, 2.24) is 4.98 Å². The number of hydrogen-bond acceptors (Lipinski definition) is 5. The third-order valence-electron chi connectivity index (χ3n) is 1.83. The molecular weight excluding hydrogens is 272 g/mol. The molecule has 18 heavy (non-hydrogen) atoms. The summed E-state index contributed by atoms with van der Waals surface area (Å²) in [6.07, 6.45) is -3.68. The lowest BCUT2D eigenvalue weighted by Crippen LogP contribution is -2.18. The molecule has 0 spiro atoms. The zero-order valence-corrected chi connectivity index (χ0v) is 9.89. The van der Waals surface area contributed by atoms with Gasteiger partial charge in [0.1, 0.15) is 0 Å². The molecule has 1 unspecified atom stereocenters. The molecule has 1 atom stereocenters. The van der Waals surface area contributed by atoms with E-state index in [0.29, 0.717) is 6.26 Å². The SMILES string of the molecule is CS(=O)(=O)OC(c1ccc(C(=O)O)cn1)C(F)F. The van der Waals surface area contributed by atoms with Gasteiger partial charge in [-0.3, -0.25) is 9.17 Å². The zero-order chi connectivity index (χ0) is 13.9. The second kappa shape index (κ2) is 5.36. The van der Waals surface area contributed by atoms with Crippen LogP contribution in [0.15, 0.2) is 18.3 Å². The molecule has 100 valence electrons. The monoisotopic (exact) mass is 281 g/mol. The molecule has 0 radical (unpaired) electrons. The quantitative estimate of drug-likeness (QED) is 0.811. The topological polar surface area (TPSA) is 93.6 Å². The number of halogens is 2. The van der Waals surface area contributed by atoms with Crippen LogP contribution in [0.25, 0.3) is 0 Å². The van der Waals surface area contributed by atoms with Crippen molar-refractivity contribution >= 4 is 16.1 Å². The van der Waals surface area contributed by atoms with Gasteiger partial charge < -0.3 is 5.11 Å². The van der Waals surface area contributed by atoms with Gasteiger partial charge in [-0.2, -0.15) is 8.42 Å². The highest BCUT2D eigenvalue weighted by Crippen LogP contribution is 2.24. The van der Waals surface area contributed by atoms with Crippen molar-refractivity contribution in [3.8, 4) is 0 Å². The third kappa shape index (κ3) is 4.00. The van der Waals surface area contributed by atoms with E-state index in [1.54, 1.807) is 0 Å². The predicted molar refractivity (Wildman–Crippen MR) is 55.9 cm³/mol. The Morgan fingerprint density at radius 3 is 2.39 bits per heavy atom.